The molecule has 1 aromatic heterocycles. The van der Waals surface area contributed by atoms with E-state index in [1.165, 1.54) is 11.3 Å². The minimum Gasteiger partial charge on any atom is -0.378 e. The molecule has 0 aliphatic carbocycles. The van der Waals surface area contributed by atoms with E-state index >= 15 is 0 Å². The second-order valence-corrected chi connectivity index (χ2v) is 7.18. The van der Waals surface area contributed by atoms with Gasteiger partial charge in [0.2, 0.25) is 0 Å². The van der Waals surface area contributed by atoms with E-state index < -0.39 is 0 Å². The van der Waals surface area contributed by atoms with Crippen molar-refractivity contribution in [3.8, 4) is 17.3 Å². The number of hydrogen-bond acceptors (Lipinski definition) is 5. The number of urea groups is 1. The number of morpholine rings is 1. The molecule has 1 saturated heterocycles. The second kappa shape index (κ2) is 7.08. The van der Waals surface area contributed by atoms with Crippen molar-refractivity contribution in [2.24, 2.45) is 0 Å². The Morgan fingerprint density at radius 2 is 2.22 bits per heavy atom. The van der Waals surface area contributed by atoms with Crippen LogP contribution in [0, 0.1) is 11.3 Å². The number of aromatic nitrogens is 1. The average molecular weight is 393 g/mol. The summed E-state index contributed by atoms with van der Waals surface area (Å²) in [6, 6.07) is 9.14. The molecular formula is C15H13BrN4O2S. The SMILES string of the molecule is N#Cc1cccc(-c2nc(NC(=O)N3CCOCC3)sc2Br)c1. The van der Waals surface area contributed by atoms with Gasteiger partial charge in [0, 0.05) is 18.7 Å². The molecule has 0 saturated carbocycles. The summed E-state index contributed by atoms with van der Waals surface area (Å²) >= 11 is 4.82. The van der Waals surface area contributed by atoms with E-state index in [9.17, 15) is 4.79 Å². The summed E-state index contributed by atoms with van der Waals surface area (Å²) in [5, 5.41) is 12.3. The molecule has 0 radical (unpaired) electrons. The van der Waals surface area contributed by atoms with E-state index in [2.05, 4.69) is 32.3 Å². The number of rotatable bonds is 2. The number of benzene rings is 1. The Balaban J connectivity index is 1.78. The molecule has 8 heteroatoms. The molecule has 0 spiro atoms. The largest absolute Gasteiger partial charge is 0.378 e. The molecule has 1 aromatic carbocycles. The van der Waals surface area contributed by atoms with Crippen molar-refractivity contribution in [1.82, 2.24) is 9.88 Å². The number of carbonyl (C=O) groups is 1. The van der Waals surface area contributed by atoms with E-state index in [0.29, 0.717) is 42.7 Å². The number of halogens is 1. The minimum absolute atomic E-state index is 0.174. The van der Waals surface area contributed by atoms with Crippen LogP contribution in [-0.2, 0) is 4.74 Å². The van der Waals surface area contributed by atoms with Crippen molar-refractivity contribution >= 4 is 38.4 Å². The van der Waals surface area contributed by atoms with Crippen LogP contribution in [0.1, 0.15) is 5.56 Å². The zero-order chi connectivity index (χ0) is 16.2. The van der Waals surface area contributed by atoms with E-state index in [1.54, 1.807) is 17.0 Å². The van der Waals surface area contributed by atoms with E-state index in [-0.39, 0.29) is 6.03 Å². The van der Waals surface area contributed by atoms with Crippen molar-refractivity contribution < 1.29 is 9.53 Å². The van der Waals surface area contributed by atoms with Crippen molar-refractivity contribution in [1.29, 1.82) is 5.26 Å². The smallest absolute Gasteiger partial charge is 0.323 e. The molecule has 0 bridgehead atoms. The Morgan fingerprint density at radius 3 is 2.96 bits per heavy atom. The highest BCUT2D eigenvalue weighted by Crippen LogP contribution is 2.35. The Bertz CT molecular complexity index is 765. The zero-order valence-electron chi connectivity index (χ0n) is 12.1. The van der Waals surface area contributed by atoms with Gasteiger partial charge in [-0.1, -0.05) is 23.5 Å². The Kier molecular flexibility index (Phi) is 4.91. The minimum atomic E-state index is -0.174. The van der Waals surface area contributed by atoms with Gasteiger partial charge in [-0.05, 0) is 28.1 Å². The highest BCUT2D eigenvalue weighted by atomic mass is 79.9. The van der Waals surface area contributed by atoms with Gasteiger partial charge in [-0.3, -0.25) is 5.32 Å². The van der Waals surface area contributed by atoms with Crippen molar-refractivity contribution in [3.63, 3.8) is 0 Å². The number of ether oxygens (including phenoxy) is 1. The monoisotopic (exact) mass is 392 g/mol. The number of nitrogens with one attached hydrogen (secondary N) is 1. The van der Waals surface area contributed by atoms with Gasteiger partial charge in [-0.2, -0.15) is 5.26 Å². The normalized spacial score (nSPS) is 14.3. The molecule has 0 unspecified atom stereocenters. The fourth-order valence-electron chi connectivity index (χ4n) is 2.21. The van der Waals surface area contributed by atoms with E-state index in [4.69, 9.17) is 10.00 Å². The predicted molar refractivity (Wildman–Crippen MR) is 91.4 cm³/mol. The lowest BCUT2D eigenvalue weighted by molar-refractivity contribution is 0.0564. The van der Waals surface area contributed by atoms with Gasteiger partial charge in [-0.25, -0.2) is 9.78 Å². The molecule has 1 aliphatic heterocycles. The van der Waals surface area contributed by atoms with Crippen LogP contribution in [-0.4, -0.2) is 42.2 Å². The van der Waals surface area contributed by atoms with Crippen LogP contribution >= 0.6 is 27.3 Å². The lowest BCUT2D eigenvalue weighted by Gasteiger charge is -2.26. The number of hydrogen-bond donors (Lipinski definition) is 1. The van der Waals surface area contributed by atoms with Crippen LogP contribution in [0.2, 0.25) is 0 Å². The van der Waals surface area contributed by atoms with Gasteiger partial charge in [0.25, 0.3) is 0 Å². The molecule has 23 heavy (non-hydrogen) atoms. The van der Waals surface area contributed by atoms with Crippen LogP contribution < -0.4 is 5.32 Å². The molecule has 1 fully saturated rings. The number of anilines is 1. The van der Waals surface area contributed by atoms with Crippen LogP contribution in [0.15, 0.2) is 28.1 Å². The summed E-state index contributed by atoms with van der Waals surface area (Å²) in [7, 11) is 0. The number of nitriles is 1. The molecule has 2 heterocycles. The lowest BCUT2D eigenvalue weighted by Crippen LogP contribution is -2.43. The Labute approximate surface area is 145 Å². The fourth-order valence-corrected chi connectivity index (χ4v) is 3.69. The van der Waals surface area contributed by atoms with Gasteiger partial charge < -0.3 is 9.64 Å². The quantitative estimate of drug-likeness (QED) is 0.849. The van der Waals surface area contributed by atoms with Gasteiger partial charge in [0.1, 0.15) is 0 Å². The maximum Gasteiger partial charge on any atom is 0.323 e. The predicted octanol–water partition coefficient (Wildman–Crippen LogP) is 3.31. The first-order valence-electron chi connectivity index (χ1n) is 6.98. The molecule has 6 nitrogen and oxygen atoms in total. The van der Waals surface area contributed by atoms with Crippen molar-refractivity contribution in [2.75, 3.05) is 31.6 Å². The molecule has 1 N–H and O–H groups in total. The molecule has 2 aromatic rings. The molecule has 2 amide bonds. The molecule has 3 rings (SSSR count). The Morgan fingerprint density at radius 1 is 1.43 bits per heavy atom. The van der Waals surface area contributed by atoms with Gasteiger partial charge in [0.15, 0.2) is 5.13 Å². The first kappa shape index (κ1) is 15.9. The highest BCUT2D eigenvalue weighted by Gasteiger charge is 2.19. The summed E-state index contributed by atoms with van der Waals surface area (Å²) in [6.07, 6.45) is 0. The fraction of sp³-hybridized carbons (Fsp3) is 0.267. The van der Waals surface area contributed by atoms with Crippen LogP contribution in [0.4, 0.5) is 9.93 Å². The third kappa shape index (κ3) is 3.69. The van der Waals surface area contributed by atoms with Crippen LogP contribution in [0.3, 0.4) is 0 Å². The number of thiazole rings is 1. The lowest BCUT2D eigenvalue weighted by atomic mass is 10.1. The first-order valence-corrected chi connectivity index (χ1v) is 8.59. The topological polar surface area (TPSA) is 78.2 Å². The van der Waals surface area contributed by atoms with Crippen LogP contribution in [0.25, 0.3) is 11.3 Å². The van der Waals surface area contributed by atoms with E-state index in [1.807, 2.05) is 12.1 Å². The third-order valence-corrected chi connectivity index (χ3v) is 4.98. The van der Waals surface area contributed by atoms with Gasteiger partial charge in [0.05, 0.1) is 34.3 Å². The summed E-state index contributed by atoms with van der Waals surface area (Å²) in [5.74, 6) is 0. The van der Waals surface area contributed by atoms with Gasteiger partial charge >= 0.3 is 6.03 Å². The Hall–Kier alpha value is -1.95. The van der Waals surface area contributed by atoms with Crippen molar-refractivity contribution in [3.05, 3.63) is 33.6 Å². The standard InChI is InChI=1S/C15H13BrN4O2S/c16-13-12(11-3-1-2-10(8-11)9-17)18-14(23-13)19-15(21)20-4-6-22-7-5-20/h1-3,8H,4-7H2,(H,18,19,21). The first-order chi connectivity index (χ1) is 11.2. The van der Waals surface area contributed by atoms with E-state index in [0.717, 1.165) is 9.35 Å². The second-order valence-electron chi connectivity index (χ2n) is 4.86. The van der Waals surface area contributed by atoms with Crippen LogP contribution in [0.5, 0.6) is 0 Å². The molecular weight excluding hydrogens is 380 g/mol. The number of amides is 2. The molecule has 1 aliphatic rings. The van der Waals surface area contributed by atoms with Crippen molar-refractivity contribution in [2.45, 2.75) is 0 Å². The maximum absolute atomic E-state index is 12.2. The maximum atomic E-state index is 12.2. The number of carbonyl (C=O) groups excluding carboxylic acids is 1. The third-order valence-electron chi connectivity index (χ3n) is 3.36. The van der Waals surface area contributed by atoms with Gasteiger partial charge in [-0.15, -0.1) is 0 Å². The highest BCUT2D eigenvalue weighted by molar-refractivity contribution is 9.11. The summed E-state index contributed by atoms with van der Waals surface area (Å²) in [5.41, 5.74) is 2.12. The summed E-state index contributed by atoms with van der Waals surface area (Å²) in [6.45, 7) is 2.27. The number of nitrogens with zero attached hydrogens (tertiary/aromatic N) is 3. The molecule has 118 valence electrons. The zero-order valence-corrected chi connectivity index (χ0v) is 14.5. The molecule has 0 atom stereocenters. The summed E-state index contributed by atoms with van der Waals surface area (Å²) in [4.78, 5) is 18.4. The average Bonchev–Trinajstić information content (AvgIpc) is 2.96. The summed E-state index contributed by atoms with van der Waals surface area (Å²) < 4.78 is 6.04.